The Bertz CT molecular complexity index is 818. The molecule has 160 valence electrons. The standard InChI is InChI=1S/C23H29N3O4/c1-24-12-14-26(15-13-24)22(27)16-25(2)23(28)18-30-21-10-8-20(9-11-21)29-17-19-6-4-3-5-7-19/h3-11H,12-18H2,1-2H3. The molecule has 1 saturated heterocycles. The van der Waals surface area contributed by atoms with Gasteiger partial charge >= 0.3 is 0 Å². The molecule has 2 aromatic rings. The van der Waals surface area contributed by atoms with Gasteiger partial charge < -0.3 is 24.2 Å². The van der Waals surface area contributed by atoms with Crippen LogP contribution in [0.3, 0.4) is 0 Å². The summed E-state index contributed by atoms with van der Waals surface area (Å²) >= 11 is 0. The highest BCUT2D eigenvalue weighted by atomic mass is 16.5. The zero-order valence-corrected chi connectivity index (χ0v) is 17.6. The molecule has 1 aliphatic rings. The SMILES string of the molecule is CN1CCN(C(=O)CN(C)C(=O)COc2ccc(OCc3ccccc3)cc2)CC1. The predicted molar refractivity (Wildman–Crippen MR) is 114 cm³/mol. The first kappa shape index (κ1) is 21.6. The first-order valence-electron chi connectivity index (χ1n) is 10.1. The van der Waals surface area contributed by atoms with E-state index in [0.29, 0.717) is 25.4 Å². The summed E-state index contributed by atoms with van der Waals surface area (Å²) in [6.07, 6.45) is 0. The van der Waals surface area contributed by atoms with Gasteiger partial charge in [0.25, 0.3) is 5.91 Å². The fourth-order valence-corrected chi connectivity index (χ4v) is 3.08. The lowest BCUT2D eigenvalue weighted by atomic mass is 10.2. The Kier molecular flexibility index (Phi) is 7.68. The van der Waals surface area contributed by atoms with E-state index in [4.69, 9.17) is 9.47 Å². The van der Waals surface area contributed by atoms with E-state index in [2.05, 4.69) is 4.90 Å². The molecule has 0 aliphatic carbocycles. The van der Waals surface area contributed by atoms with Crippen LogP contribution >= 0.6 is 0 Å². The molecule has 0 bridgehead atoms. The van der Waals surface area contributed by atoms with Crippen LogP contribution in [-0.2, 0) is 16.2 Å². The molecular formula is C23H29N3O4. The number of likely N-dealkylation sites (N-methyl/N-ethyl adjacent to an activating group) is 2. The summed E-state index contributed by atoms with van der Waals surface area (Å²) in [7, 11) is 3.66. The van der Waals surface area contributed by atoms with Crippen molar-refractivity contribution in [3.63, 3.8) is 0 Å². The Morgan fingerprint density at radius 2 is 1.50 bits per heavy atom. The largest absolute Gasteiger partial charge is 0.489 e. The minimum Gasteiger partial charge on any atom is -0.489 e. The van der Waals surface area contributed by atoms with E-state index in [1.54, 1.807) is 24.1 Å². The Hall–Kier alpha value is -3.06. The highest BCUT2D eigenvalue weighted by Gasteiger charge is 2.21. The Morgan fingerprint density at radius 1 is 0.900 bits per heavy atom. The highest BCUT2D eigenvalue weighted by molar-refractivity contribution is 5.85. The van der Waals surface area contributed by atoms with E-state index in [1.807, 2.05) is 49.5 Å². The summed E-state index contributed by atoms with van der Waals surface area (Å²) in [5.74, 6) is 1.04. The van der Waals surface area contributed by atoms with Crippen molar-refractivity contribution in [3.05, 3.63) is 60.2 Å². The van der Waals surface area contributed by atoms with Crippen LogP contribution in [0.5, 0.6) is 11.5 Å². The smallest absolute Gasteiger partial charge is 0.260 e. The lowest BCUT2D eigenvalue weighted by Gasteiger charge is -2.33. The summed E-state index contributed by atoms with van der Waals surface area (Å²) in [5, 5.41) is 0. The van der Waals surface area contributed by atoms with Crippen LogP contribution in [-0.4, -0.2) is 79.9 Å². The monoisotopic (exact) mass is 411 g/mol. The first-order chi connectivity index (χ1) is 14.5. The topological polar surface area (TPSA) is 62.3 Å². The number of piperazine rings is 1. The van der Waals surface area contributed by atoms with Crippen molar-refractivity contribution < 1.29 is 19.1 Å². The van der Waals surface area contributed by atoms with Gasteiger partial charge in [0.1, 0.15) is 18.1 Å². The molecule has 3 rings (SSSR count). The van der Waals surface area contributed by atoms with Gasteiger partial charge in [-0.1, -0.05) is 30.3 Å². The van der Waals surface area contributed by atoms with Crippen LogP contribution in [0.25, 0.3) is 0 Å². The summed E-state index contributed by atoms with van der Waals surface area (Å²) in [6.45, 7) is 3.56. The van der Waals surface area contributed by atoms with Gasteiger partial charge in [0, 0.05) is 33.2 Å². The van der Waals surface area contributed by atoms with E-state index >= 15 is 0 Å². The minimum absolute atomic E-state index is 0.0288. The number of rotatable bonds is 8. The van der Waals surface area contributed by atoms with E-state index in [1.165, 1.54) is 4.90 Å². The Labute approximate surface area is 177 Å². The molecule has 1 fully saturated rings. The maximum absolute atomic E-state index is 12.4. The van der Waals surface area contributed by atoms with Crippen molar-refractivity contribution in [1.29, 1.82) is 0 Å². The van der Waals surface area contributed by atoms with Gasteiger partial charge in [-0.2, -0.15) is 0 Å². The molecule has 1 heterocycles. The molecule has 0 saturated carbocycles. The Balaban J connectivity index is 1.39. The van der Waals surface area contributed by atoms with Crippen molar-refractivity contribution in [2.75, 3.05) is 53.4 Å². The summed E-state index contributed by atoms with van der Waals surface area (Å²) < 4.78 is 11.3. The van der Waals surface area contributed by atoms with Crippen LogP contribution in [0.1, 0.15) is 5.56 Å². The average Bonchev–Trinajstić information content (AvgIpc) is 2.77. The van der Waals surface area contributed by atoms with Crippen molar-refractivity contribution >= 4 is 11.8 Å². The number of amides is 2. The Morgan fingerprint density at radius 3 is 2.13 bits per heavy atom. The molecule has 30 heavy (non-hydrogen) atoms. The lowest BCUT2D eigenvalue weighted by Crippen LogP contribution is -2.50. The third-order valence-corrected chi connectivity index (χ3v) is 5.09. The number of carbonyl (C=O) groups excluding carboxylic acids is 2. The van der Waals surface area contributed by atoms with Gasteiger partial charge in [-0.15, -0.1) is 0 Å². The molecule has 0 radical (unpaired) electrons. The van der Waals surface area contributed by atoms with Gasteiger partial charge in [-0.05, 0) is 36.9 Å². The average molecular weight is 412 g/mol. The summed E-state index contributed by atoms with van der Waals surface area (Å²) in [5.41, 5.74) is 1.09. The second-order valence-corrected chi connectivity index (χ2v) is 7.47. The van der Waals surface area contributed by atoms with Gasteiger partial charge in [0.05, 0.1) is 6.54 Å². The number of carbonyl (C=O) groups is 2. The molecule has 2 amide bonds. The highest BCUT2D eigenvalue weighted by Crippen LogP contribution is 2.18. The third-order valence-electron chi connectivity index (χ3n) is 5.09. The van der Waals surface area contributed by atoms with E-state index in [0.717, 1.165) is 24.4 Å². The van der Waals surface area contributed by atoms with E-state index in [9.17, 15) is 9.59 Å². The van der Waals surface area contributed by atoms with Crippen LogP contribution in [0.15, 0.2) is 54.6 Å². The van der Waals surface area contributed by atoms with Crippen LogP contribution < -0.4 is 9.47 Å². The number of ether oxygens (including phenoxy) is 2. The van der Waals surface area contributed by atoms with Gasteiger partial charge in [-0.3, -0.25) is 9.59 Å². The zero-order valence-electron chi connectivity index (χ0n) is 17.6. The molecule has 0 spiro atoms. The predicted octanol–water partition coefficient (Wildman–Crippen LogP) is 1.88. The molecule has 0 N–H and O–H groups in total. The van der Waals surface area contributed by atoms with E-state index < -0.39 is 0 Å². The third kappa shape index (κ3) is 6.49. The fraction of sp³-hybridized carbons (Fsp3) is 0.391. The normalized spacial score (nSPS) is 14.3. The number of benzene rings is 2. The van der Waals surface area contributed by atoms with Gasteiger partial charge in [0.2, 0.25) is 5.91 Å². The first-order valence-corrected chi connectivity index (χ1v) is 10.1. The lowest BCUT2D eigenvalue weighted by molar-refractivity contribution is -0.141. The maximum atomic E-state index is 12.4. The second-order valence-electron chi connectivity index (χ2n) is 7.47. The zero-order chi connectivity index (χ0) is 21.3. The minimum atomic E-state index is -0.234. The van der Waals surface area contributed by atoms with E-state index in [-0.39, 0.29) is 25.0 Å². The number of hydrogen-bond acceptors (Lipinski definition) is 5. The fourth-order valence-electron chi connectivity index (χ4n) is 3.08. The number of hydrogen-bond donors (Lipinski definition) is 0. The van der Waals surface area contributed by atoms with Crippen molar-refractivity contribution in [3.8, 4) is 11.5 Å². The quantitative estimate of drug-likeness (QED) is 0.664. The number of nitrogens with zero attached hydrogens (tertiary/aromatic N) is 3. The van der Waals surface area contributed by atoms with Crippen molar-refractivity contribution in [2.24, 2.45) is 0 Å². The second kappa shape index (κ2) is 10.6. The molecule has 7 nitrogen and oxygen atoms in total. The molecule has 1 aliphatic heterocycles. The van der Waals surface area contributed by atoms with Crippen molar-refractivity contribution in [2.45, 2.75) is 6.61 Å². The van der Waals surface area contributed by atoms with Gasteiger partial charge in [-0.25, -0.2) is 0 Å². The molecule has 2 aromatic carbocycles. The van der Waals surface area contributed by atoms with Gasteiger partial charge in [0.15, 0.2) is 6.61 Å². The summed E-state index contributed by atoms with van der Waals surface area (Å²) in [4.78, 5) is 30.1. The summed E-state index contributed by atoms with van der Waals surface area (Å²) in [6, 6.07) is 17.1. The molecule has 0 atom stereocenters. The molecule has 0 unspecified atom stereocenters. The van der Waals surface area contributed by atoms with Crippen LogP contribution in [0, 0.1) is 0 Å². The molecule has 7 heteroatoms. The molecule has 0 aromatic heterocycles. The van der Waals surface area contributed by atoms with Crippen molar-refractivity contribution in [1.82, 2.24) is 14.7 Å². The maximum Gasteiger partial charge on any atom is 0.260 e. The molecular weight excluding hydrogens is 382 g/mol. The van der Waals surface area contributed by atoms with Crippen LogP contribution in [0.4, 0.5) is 0 Å². The van der Waals surface area contributed by atoms with Crippen LogP contribution in [0.2, 0.25) is 0 Å².